The Morgan fingerprint density at radius 2 is 2.15 bits per heavy atom. The van der Waals surface area contributed by atoms with Crippen LogP contribution < -0.4 is 4.74 Å². The predicted octanol–water partition coefficient (Wildman–Crippen LogP) is 3.36. The van der Waals surface area contributed by atoms with Crippen LogP contribution in [-0.4, -0.2) is 39.5 Å². The van der Waals surface area contributed by atoms with Crippen LogP contribution in [-0.2, 0) is 13.0 Å². The maximum Gasteiger partial charge on any atom is 0.215 e. The Balaban J connectivity index is 2.28. The molecule has 0 aliphatic carbocycles. The van der Waals surface area contributed by atoms with Gasteiger partial charge in [0.2, 0.25) is 5.88 Å². The number of unbranched alkanes of at least 4 members (excludes halogenated alkanes) is 1. The zero-order valence-corrected chi connectivity index (χ0v) is 13.5. The number of aryl methyl sites for hydroxylation is 2. The van der Waals surface area contributed by atoms with E-state index in [4.69, 9.17) is 16.3 Å². The van der Waals surface area contributed by atoms with E-state index in [0.29, 0.717) is 11.8 Å². The maximum atomic E-state index is 5.88. The fraction of sp³-hybridized carbons (Fsp3) is 0.571. The van der Waals surface area contributed by atoms with Gasteiger partial charge in [0.05, 0.1) is 7.11 Å². The number of hydrogen-bond acceptors (Lipinski definition) is 4. The Hall–Kier alpha value is -0.940. The van der Waals surface area contributed by atoms with Gasteiger partial charge in [-0.3, -0.25) is 0 Å². The molecule has 0 aliphatic heterocycles. The molecule has 0 radical (unpaired) electrons. The molecule has 0 aromatic carbocycles. The van der Waals surface area contributed by atoms with Crippen LogP contribution in [0, 0.1) is 0 Å². The van der Waals surface area contributed by atoms with Crippen molar-refractivity contribution in [3.63, 3.8) is 0 Å². The van der Waals surface area contributed by atoms with Crippen LogP contribution in [0.25, 0.3) is 11.2 Å². The Kier molecular flexibility index (Phi) is 5.98. The number of hydrogen-bond donors (Lipinski definition) is 0. The first-order valence-corrected chi connectivity index (χ1v) is 8.68. The Bertz CT molecular complexity index is 559. The second-order valence-corrected chi connectivity index (χ2v) is 5.88. The summed E-state index contributed by atoms with van der Waals surface area (Å²) in [7, 11) is 1.63. The zero-order valence-electron chi connectivity index (χ0n) is 11.9. The molecule has 0 unspecified atom stereocenters. The number of aromatic nitrogens is 3. The van der Waals surface area contributed by atoms with Crippen molar-refractivity contribution in [3.8, 4) is 5.88 Å². The summed E-state index contributed by atoms with van der Waals surface area (Å²) in [5, 5.41) is 0. The standard InChI is InChI=1S/C14H20ClN3OS/c1-19-13-6-5-11-14(17-13)18(9-3-4-10-20-2)12(16-11)7-8-15/h5-6H,3-4,7-10H2,1-2H3. The summed E-state index contributed by atoms with van der Waals surface area (Å²) >= 11 is 7.76. The van der Waals surface area contributed by atoms with Crippen molar-refractivity contribution in [1.29, 1.82) is 0 Å². The van der Waals surface area contributed by atoms with Crippen molar-refractivity contribution in [2.75, 3.05) is 25.0 Å². The molecule has 2 aromatic heterocycles. The summed E-state index contributed by atoms with van der Waals surface area (Å²) in [5.41, 5.74) is 1.81. The van der Waals surface area contributed by atoms with Crippen LogP contribution in [0.3, 0.4) is 0 Å². The molecule has 0 amide bonds. The van der Waals surface area contributed by atoms with Gasteiger partial charge in [-0.2, -0.15) is 16.7 Å². The molecule has 2 heterocycles. The number of halogens is 1. The lowest BCUT2D eigenvalue weighted by Crippen LogP contribution is -2.06. The summed E-state index contributed by atoms with van der Waals surface area (Å²) in [6.07, 6.45) is 5.23. The largest absolute Gasteiger partial charge is 0.481 e. The van der Waals surface area contributed by atoms with Crippen molar-refractivity contribution in [1.82, 2.24) is 14.5 Å². The summed E-state index contributed by atoms with van der Waals surface area (Å²) < 4.78 is 7.39. The molecule has 0 N–H and O–H groups in total. The number of imidazole rings is 1. The molecule has 2 aromatic rings. The molecule has 20 heavy (non-hydrogen) atoms. The highest BCUT2D eigenvalue weighted by Gasteiger charge is 2.12. The summed E-state index contributed by atoms with van der Waals surface area (Å²) in [4.78, 5) is 9.16. The first-order valence-electron chi connectivity index (χ1n) is 6.75. The van der Waals surface area contributed by atoms with Gasteiger partial charge in [0, 0.05) is 24.9 Å². The molecule has 4 nitrogen and oxygen atoms in total. The zero-order chi connectivity index (χ0) is 14.4. The van der Waals surface area contributed by atoms with E-state index in [2.05, 4.69) is 20.8 Å². The topological polar surface area (TPSA) is 39.9 Å². The molecule has 110 valence electrons. The number of fused-ring (bicyclic) bond motifs is 1. The minimum atomic E-state index is 0.575. The van der Waals surface area contributed by atoms with Gasteiger partial charge < -0.3 is 9.30 Å². The molecule has 0 aliphatic rings. The Labute approximate surface area is 128 Å². The smallest absolute Gasteiger partial charge is 0.215 e. The average molecular weight is 314 g/mol. The van der Waals surface area contributed by atoms with Crippen LogP contribution in [0.2, 0.25) is 0 Å². The van der Waals surface area contributed by atoms with Crippen LogP contribution in [0.5, 0.6) is 5.88 Å². The quantitative estimate of drug-likeness (QED) is 0.553. The molecular formula is C14H20ClN3OS. The highest BCUT2D eigenvalue weighted by Crippen LogP contribution is 2.19. The summed E-state index contributed by atoms with van der Waals surface area (Å²) in [6, 6.07) is 3.80. The van der Waals surface area contributed by atoms with Crippen molar-refractivity contribution in [2.45, 2.75) is 25.8 Å². The van der Waals surface area contributed by atoms with E-state index < -0.39 is 0 Å². The van der Waals surface area contributed by atoms with E-state index in [9.17, 15) is 0 Å². The van der Waals surface area contributed by atoms with E-state index in [-0.39, 0.29) is 0 Å². The second kappa shape index (κ2) is 7.74. The SMILES string of the molecule is COc1ccc2nc(CCCl)n(CCCCSC)c2n1. The van der Waals surface area contributed by atoms with Crippen LogP contribution in [0.4, 0.5) is 0 Å². The lowest BCUT2D eigenvalue weighted by atomic mass is 10.3. The molecule has 0 fully saturated rings. The Morgan fingerprint density at radius 3 is 2.85 bits per heavy atom. The van der Waals surface area contributed by atoms with Gasteiger partial charge in [-0.25, -0.2) is 4.98 Å². The first-order chi connectivity index (χ1) is 9.80. The Morgan fingerprint density at radius 1 is 1.30 bits per heavy atom. The normalized spacial score (nSPS) is 11.2. The van der Waals surface area contributed by atoms with Gasteiger partial charge in [0.25, 0.3) is 0 Å². The summed E-state index contributed by atoms with van der Waals surface area (Å²) in [6.45, 7) is 0.934. The van der Waals surface area contributed by atoms with Crippen molar-refractivity contribution < 1.29 is 4.74 Å². The second-order valence-electron chi connectivity index (χ2n) is 4.51. The van der Waals surface area contributed by atoms with Gasteiger partial charge in [0.15, 0.2) is 5.65 Å². The fourth-order valence-corrected chi connectivity index (χ4v) is 2.83. The van der Waals surface area contributed by atoms with Crippen molar-refractivity contribution in [3.05, 3.63) is 18.0 Å². The van der Waals surface area contributed by atoms with Crippen LogP contribution in [0.15, 0.2) is 12.1 Å². The lowest BCUT2D eigenvalue weighted by molar-refractivity contribution is 0.399. The van der Waals surface area contributed by atoms with Gasteiger partial charge in [-0.1, -0.05) is 0 Å². The minimum Gasteiger partial charge on any atom is -0.481 e. The van der Waals surface area contributed by atoms with E-state index in [1.54, 1.807) is 7.11 Å². The fourth-order valence-electron chi connectivity index (χ4n) is 2.17. The first kappa shape index (κ1) is 15.4. The maximum absolute atomic E-state index is 5.88. The third-order valence-corrected chi connectivity index (χ3v) is 4.04. The average Bonchev–Trinajstić information content (AvgIpc) is 2.81. The van der Waals surface area contributed by atoms with Crippen LogP contribution >= 0.6 is 23.4 Å². The number of thioether (sulfide) groups is 1. The third kappa shape index (κ3) is 3.58. The predicted molar refractivity (Wildman–Crippen MR) is 86.1 cm³/mol. The highest BCUT2D eigenvalue weighted by molar-refractivity contribution is 7.98. The van der Waals surface area contributed by atoms with Crippen molar-refractivity contribution >= 4 is 34.5 Å². The van der Waals surface area contributed by atoms with Gasteiger partial charge in [-0.05, 0) is 30.9 Å². The molecule has 6 heteroatoms. The van der Waals surface area contributed by atoms with Gasteiger partial charge in [-0.15, -0.1) is 11.6 Å². The van der Waals surface area contributed by atoms with Crippen LogP contribution in [0.1, 0.15) is 18.7 Å². The van der Waals surface area contributed by atoms with E-state index in [0.717, 1.165) is 36.4 Å². The van der Waals surface area contributed by atoms with E-state index >= 15 is 0 Å². The molecule has 0 saturated heterocycles. The molecular weight excluding hydrogens is 294 g/mol. The number of nitrogens with zero attached hydrogens (tertiary/aromatic N) is 3. The monoisotopic (exact) mass is 313 g/mol. The molecule has 0 spiro atoms. The van der Waals surface area contributed by atoms with Gasteiger partial charge in [0.1, 0.15) is 11.3 Å². The minimum absolute atomic E-state index is 0.575. The van der Waals surface area contributed by atoms with E-state index in [1.807, 2.05) is 23.9 Å². The summed E-state index contributed by atoms with van der Waals surface area (Å²) in [5.74, 6) is 3.40. The third-order valence-electron chi connectivity index (χ3n) is 3.15. The highest BCUT2D eigenvalue weighted by atomic mass is 35.5. The number of rotatable bonds is 8. The number of methoxy groups -OCH3 is 1. The van der Waals surface area contributed by atoms with Gasteiger partial charge >= 0.3 is 0 Å². The molecule has 2 rings (SSSR count). The molecule has 0 atom stereocenters. The molecule has 0 bridgehead atoms. The molecule has 0 saturated carbocycles. The van der Waals surface area contributed by atoms with Crippen molar-refractivity contribution in [2.24, 2.45) is 0 Å². The number of alkyl halides is 1. The number of pyridine rings is 1. The lowest BCUT2D eigenvalue weighted by Gasteiger charge is -2.08. The van der Waals surface area contributed by atoms with E-state index in [1.165, 1.54) is 12.2 Å². The number of ether oxygens (including phenoxy) is 1.